The number of rotatable bonds is 4. The maximum absolute atomic E-state index is 10.7. The van der Waals surface area contributed by atoms with Crippen molar-refractivity contribution in [3.63, 3.8) is 0 Å². The van der Waals surface area contributed by atoms with Crippen LogP contribution in [0.5, 0.6) is 0 Å². The molecule has 0 radical (unpaired) electrons. The Labute approximate surface area is 83.3 Å². The molecule has 1 atom stereocenters. The first-order valence-corrected chi connectivity index (χ1v) is 4.64. The molecule has 0 spiro atoms. The number of carboxylic acid groups (broad SMARTS) is 1. The van der Waals surface area contributed by atoms with E-state index in [9.17, 15) is 9.59 Å². The van der Waals surface area contributed by atoms with E-state index in [1.54, 1.807) is 6.92 Å². The van der Waals surface area contributed by atoms with Gasteiger partial charge in [-0.15, -0.1) is 0 Å². The van der Waals surface area contributed by atoms with Gasteiger partial charge in [0, 0.05) is 23.9 Å². The predicted octanol–water partition coefficient (Wildman–Crippen LogP) is 0.429. The Kier molecular flexibility index (Phi) is 3.13. The summed E-state index contributed by atoms with van der Waals surface area (Å²) in [6, 6.07) is 0. The SMILES string of the molecule is C[C@H](CC(=N)C(=O)O)c1nsc(=O)[nH]1. The molecule has 0 fully saturated rings. The third-order valence-corrected chi connectivity index (χ3v) is 2.25. The molecule has 0 saturated carbocycles. The third-order valence-electron chi connectivity index (χ3n) is 1.69. The lowest BCUT2D eigenvalue weighted by molar-refractivity contribution is -0.129. The van der Waals surface area contributed by atoms with Gasteiger partial charge >= 0.3 is 10.8 Å². The second-order valence-corrected chi connectivity index (χ2v) is 3.61. The number of nitrogens with one attached hydrogen (secondary N) is 2. The summed E-state index contributed by atoms with van der Waals surface area (Å²) in [6.07, 6.45) is 0.0645. The number of aromatic amines is 1. The Morgan fingerprint density at radius 3 is 2.86 bits per heavy atom. The molecular formula is C7H9N3O3S. The highest BCUT2D eigenvalue weighted by Crippen LogP contribution is 2.14. The predicted molar refractivity (Wildman–Crippen MR) is 51.1 cm³/mol. The van der Waals surface area contributed by atoms with Crippen LogP contribution < -0.4 is 4.87 Å². The van der Waals surface area contributed by atoms with E-state index in [-0.39, 0.29) is 22.9 Å². The van der Waals surface area contributed by atoms with E-state index in [1.165, 1.54) is 0 Å². The van der Waals surface area contributed by atoms with Crippen LogP contribution in [0.15, 0.2) is 4.79 Å². The molecule has 1 heterocycles. The normalized spacial score (nSPS) is 12.4. The number of H-pyrrole nitrogens is 1. The van der Waals surface area contributed by atoms with Gasteiger partial charge in [-0.2, -0.15) is 4.37 Å². The van der Waals surface area contributed by atoms with Crippen molar-refractivity contribution < 1.29 is 9.90 Å². The largest absolute Gasteiger partial charge is 0.477 e. The summed E-state index contributed by atoms with van der Waals surface area (Å²) in [5.74, 6) is -1.06. The highest BCUT2D eigenvalue weighted by molar-refractivity contribution is 7.02. The van der Waals surface area contributed by atoms with Crippen molar-refractivity contribution in [1.82, 2.24) is 9.36 Å². The van der Waals surface area contributed by atoms with Crippen molar-refractivity contribution in [2.75, 3.05) is 0 Å². The summed E-state index contributed by atoms with van der Waals surface area (Å²) in [6.45, 7) is 1.71. The van der Waals surface area contributed by atoms with Crippen LogP contribution in [-0.4, -0.2) is 26.1 Å². The molecule has 1 rings (SSSR count). The second kappa shape index (κ2) is 4.14. The molecule has 0 aromatic carbocycles. The standard InChI is InChI=1S/C7H9N3O3S/c1-3(2-4(8)6(11)12)5-9-7(13)14-10-5/h3,8H,2H2,1H3,(H,11,12)(H,9,10,13)/t3-/m1/s1. The smallest absolute Gasteiger partial charge is 0.349 e. The van der Waals surface area contributed by atoms with Crippen molar-refractivity contribution in [3.8, 4) is 0 Å². The maximum Gasteiger partial charge on any atom is 0.349 e. The summed E-state index contributed by atoms with van der Waals surface area (Å²) in [7, 11) is 0. The number of carboxylic acids is 1. The molecule has 0 saturated heterocycles. The fourth-order valence-corrected chi connectivity index (χ4v) is 1.50. The van der Waals surface area contributed by atoms with Crippen LogP contribution in [0.2, 0.25) is 0 Å². The van der Waals surface area contributed by atoms with Gasteiger partial charge in [0.2, 0.25) is 0 Å². The van der Waals surface area contributed by atoms with Gasteiger partial charge in [-0.05, 0) is 0 Å². The van der Waals surface area contributed by atoms with E-state index < -0.39 is 5.97 Å². The van der Waals surface area contributed by atoms with E-state index in [4.69, 9.17) is 10.5 Å². The minimum atomic E-state index is -1.24. The van der Waals surface area contributed by atoms with Gasteiger partial charge in [0.15, 0.2) is 0 Å². The van der Waals surface area contributed by atoms with E-state index in [2.05, 4.69) is 9.36 Å². The van der Waals surface area contributed by atoms with Crippen LogP contribution in [-0.2, 0) is 4.79 Å². The molecule has 7 heteroatoms. The lowest BCUT2D eigenvalue weighted by atomic mass is 10.0. The first-order chi connectivity index (χ1) is 6.50. The zero-order valence-electron chi connectivity index (χ0n) is 7.40. The van der Waals surface area contributed by atoms with E-state index in [0.717, 1.165) is 11.5 Å². The third kappa shape index (κ3) is 2.49. The highest BCUT2D eigenvalue weighted by atomic mass is 32.1. The lowest BCUT2D eigenvalue weighted by Crippen LogP contribution is -2.15. The van der Waals surface area contributed by atoms with Crippen molar-refractivity contribution in [2.24, 2.45) is 0 Å². The van der Waals surface area contributed by atoms with Crippen molar-refractivity contribution >= 4 is 23.2 Å². The number of hydrogen-bond donors (Lipinski definition) is 3. The molecule has 14 heavy (non-hydrogen) atoms. The lowest BCUT2D eigenvalue weighted by Gasteiger charge is -2.05. The van der Waals surface area contributed by atoms with Gasteiger partial charge < -0.3 is 5.11 Å². The number of aromatic nitrogens is 2. The fourth-order valence-electron chi connectivity index (χ4n) is 0.944. The Hall–Kier alpha value is -1.50. The van der Waals surface area contributed by atoms with Gasteiger partial charge in [0.05, 0.1) is 0 Å². The first kappa shape index (κ1) is 10.6. The van der Waals surface area contributed by atoms with E-state index >= 15 is 0 Å². The van der Waals surface area contributed by atoms with Crippen molar-refractivity contribution in [2.45, 2.75) is 19.3 Å². The maximum atomic E-state index is 10.7. The average Bonchev–Trinajstić information content (AvgIpc) is 2.51. The summed E-state index contributed by atoms with van der Waals surface area (Å²) in [5, 5.41) is 15.6. The van der Waals surface area contributed by atoms with Gasteiger partial charge in [-0.1, -0.05) is 6.92 Å². The van der Waals surface area contributed by atoms with E-state index in [1.807, 2.05) is 0 Å². The molecule has 0 amide bonds. The average molecular weight is 215 g/mol. The number of nitrogens with zero attached hydrogens (tertiary/aromatic N) is 1. The molecule has 0 aliphatic rings. The molecule has 0 bridgehead atoms. The first-order valence-electron chi connectivity index (χ1n) is 3.87. The molecule has 0 aliphatic heterocycles. The monoisotopic (exact) mass is 215 g/mol. The Balaban J connectivity index is 2.68. The number of hydrogen-bond acceptors (Lipinski definition) is 5. The molecule has 1 aromatic rings. The summed E-state index contributed by atoms with van der Waals surface area (Å²) < 4.78 is 3.81. The molecule has 0 unspecified atom stereocenters. The van der Waals surface area contributed by atoms with Crippen LogP contribution in [0.3, 0.4) is 0 Å². The minimum Gasteiger partial charge on any atom is -0.477 e. The summed E-state index contributed by atoms with van der Waals surface area (Å²) in [4.78, 5) is 23.3. The van der Waals surface area contributed by atoms with Crippen LogP contribution >= 0.6 is 11.5 Å². The van der Waals surface area contributed by atoms with Gasteiger partial charge in [-0.25, -0.2) is 4.79 Å². The molecule has 76 valence electrons. The Bertz CT molecular complexity index is 408. The second-order valence-electron chi connectivity index (χ2n) is 2.87. The highest BCUT2D eigenvalue weighted by Gasteiger charge is 2.16. The minimum absolute atomic E-state index is 0.0645. The summed E-state index contributed by atoms with van der Waals surface area (Å²) >= 11 is 0.789. The molecule has 3 N–H and O–H groups in total. The summed E-state index contributed by atoms with van der Waals surface area (Å²) in [5.41, 5.74) is -0.383. The Morgan fingerprint density at radius 1 is 1.79 bits per heavy atom. The molecule has 1 aromatic heterocycles. The number of aliphatic carboxylic acids is 1. The van der Waals surface area contributed by atoms with Crippen LogP contribution in [0.25, 0.3) is 0 Å². The van der Waals surface area contributed by atoms with Gasteiger partial charge in [0.1, 0.15) is 11.5 Å². The quantitative estimate of drug-likeness (QED) is 0.633. The zero-order valence-corrected chi connectivity index (χ0v) is 8.22. The van der Waals surface area contributed by atoms with Crippen LogP contribution in [0.4, 0.5) is 0 Å². The van der Waals surface area contributed by atoms with Crippen LogP contribution in [0, 0.1) is 5.41 Å². The molecule has 6 nitrogen and oxygen atoms in total. The fraction of sp³-hybridized carbons (Fsp3) is 0.429. The van der Waals surface area contributed by atoms with Gasteiger partial charge in [-0.3, -0.25) is 15.2 Å². The van der Waals surface area contributed by atoms with Crippen LogP contribution in [0.1, 0.15) is 25.1 Å². The van der Waals surface area contributed by atoms with Crippen molar-refractivity contribution in [1.29, 1.82) is 5.41 Å². The zero-order chi connectivity index (χ0) is 10.7. The number of carbonyl (C=O) groups is 1. The topological polar surface area (TPSA) is 107 Å². The molecular weight excluding hydrogens is 206 g/mol. The van der Waals surface area contributed by atoms with Crippen molar-refractivity contribution in [3.05, 3.63) is 15.5 Å². The molecule has 0 aliphatic carbocycles. The van der Waals surface area contributed by atoms with E-state index in [0.29, 0.717) is 5.82 Å². The Morgan fingerprint density at radius 2 is 2.43 bits per heavy atom. The van der Waals surface area contributed by atoms with Gasteiger partial charge in [0.25, 0.3) is 0 Å².